The Hall–Kier alpha value is -0.480. The standard InChI is InChI=1S/C11H11BrN2S/c12-10-7-15-11-13-9(6-14(10)11)8-4-2-1-3-5-8/h1-5,9-10H,6-7H2. The molecule has 3 rings (SSSR count). The van der Waals surface area contributed by atoms with Crippen LogP contribution in [0, 0.1) is 0 Å². The molecule has 2 aliphatic heterocycles. The lowest BCUT2D eigenvalue weighted by Gasteiger charge is -2.17. The highest BCUT2D eigenvalue weighted by Crippen LogP contribution is 2.37. The molecule has 2 unspecified atom stereocenters. The summed E-state index contributed by atoms with van der Waals surface area (Å²) in [4.78, 5) is 7.56. The average Bonchev–Trinajstić information content (AvgIpc) is 2.83. The van der Waals surface area contributed by atoms with E-state index in [1.807, 2.05) is 11.8 Å². The summed E-state index contributed by atoms with van der Waals surface area (Å²) >= 11 is 5.52. The largest absolute Gasteiger partial charge is 0.335 e. The molecule has 0 saturated carbocycles. The van der Waals surface area contributed by atoms with Gasteiger partial charge in [-0.15, -0.1) is 0 Å². The maximum absolute atomic E-state index is 4.75. The van der Waals surface area contributed by atoms with Crippen LogP contribution >= 0.6 is 27.7 Å². The van der Waals surface area contributed by atoms with Crippen LogP contribution in [0.2, 0.25) is 0 Å². The molecular formula is C11H11BrN2S. The molecular weight excluding hydrogens is 272 g/mol. The Morgan fingerprint density at radius 2 is 2.13 bits per heavy atom. The van der Waals surface area contributed by atoms with Crippen LogP contribution in [0.5, 0.6) is 0 Å². The Labute approximate surface area is 102 Å². The molecule has 0 N–H and O–H groups in total. The van der Waals surface area contributed by atoms with E-state index in [2.05, 4.69) is 51.2 Å². The normalized spacial score (nSPS) is 29.1. The fourth-order valence-corrected chi connectivity index (χ4v) is 3.88. The van der Waals surface area contributed by atoms with E-state index in [1.165, 1.54) is 10.7 Å². The Morgan fingerprint density at radius 3 is 2.87 bits per heavy atom. The molecule has 2 atom stereocenters. The second-order valence-corrected chi connectivity index (χ2v) is 5.78. The number of halogens is 1. The number of hydrogen-bond donors (Lipinski definition) is 0. The fraction of sp³-hybridized carbons (Fsp3) is 0.364. The van der Waals surface area contributed by atoms with Crippen molar-refractivity contribution in [3.63, 3.8) is 0 Å². The van der Waals surface area contributed by atoms with Crippen LogP contribution in [0.1, 0.15) is 11.6 Å². The summed E-state index contributed by atoms with van der Waals surface area (Å²) in [6, 6.07) is 10.9. The summed E-state index contributed by atoms with van der Waals surface area (Å²) in [6.45, 7) is 1.02. The number of rotatable bonds is 1. The van der Waals surface area contributed by atoms with Crippen molar-refractivity contribution in [3.05, 3.63) is 35.9 Å². The minimum Gasteiger partial charge on any atom is -0.335 e. The van der Waals surface area contributed by atoms with Crippen LogP contribution in [0.25, 0.3) is 0 Å². The first-order valence-electron chi connectivity index (χ1n) is 5.01. The van der Waals surface area contributed by atoms with Crippen LogP contribution in [-0.2, 0) is 0 Å². The van der Waals surface area contributed by atoms with E-state index < -0.39 is 0 Å². The molecule has 15 heavy (non-hydrogen) atoms. The van der Waals surface area contributed by atoms with E-state index in [4.69, 9.17) is 4.99 Å². The van der Waals surface area contributed by atoms with Crippen molar-refractivity contribution in [1.82, 2.24) is 4.90 Å². The summed E-state index contributed by atoms with van der Waals surface area (Å²) < 4.78 is 0. The number of thioether (sulfide) groups is 1. The van der Waals surface area contributed by atoms with Gasteiger partial charge in [0.15, 0.2) is 5.17 Å². The van der Waals surface area contributed by atoms with Gasteiger partial charge in [0, 0.05) is 12.3 Å². The van der Waals surface area contributed by atoms with Gasteiger partial charge in [-0.2, -0.15) is 0 Å². The van der Waals surface area contributed by atoms with Gasteiger partial charge < -0.3 is 4.90 Å². The van der Waals surface area contributed by atoms with Crippen molar-refractivity contribution in [2.45, 2.75) is 11.0 Å². The van der Waals surface area contributed by atoms with E-state index in [1.54, 1.807) is 0 Å². The van der Waals surface area contributed by atoms with Crippen molar-refractivity contribution in [2.24, 2.45) is 4.99 Å². The van der Waals surface area contributed by atoms with Crippen molar-refractivity contribution in [1.29, 1.82) is 0 Å². The lowest BCUT2D eigenvalue weighted by atomic mass is 10.1. The molecule has 1 fully saturated rings. The zero-order valence-electron chi connectivity index (χ0n) is 8.14. The van der Waals surface area contributed by atoms with Gasteiger partial charge in [-0.05, 0) is 5.56 Å². The molecule has 2 nitrogen and oxygen atoms in total. The molecule has 1 aromatic carbocycles. The van der Waals surface area contributed by atoms with Crippen molar-refractivity contribution in [2.75, 3.05) is 12.3 Å². The number of alkyl halides is 1. The monoisotopic (exact) mass is 282 g/mol. The minimum absolute atomic E-state index is 0.328. The molecule has 0 aliphatic carbocycles. The predicted octanol–water partition coefficient (Wildman–Crippen LogP) is 2.87. The molecule has 1 aromatic rings. The average molecular weight is 283 g/mol. The van der Waals surface area contributed by atoms with Crippen LogP contribution in [0.15, 0.2) is 35.3 Å². The summed E-state index contributed by atoms with van der Waals surface area (Å²) in [5, 5.41) is 1.20. The topological polar surface area (TPSA) is 15.6 Å². The Bertz CT molecular complexity index is 393. The lowest BCUT2D eigenvalue weighted by Crippen LogP contribution is -2.27. The van der Waals surface area contributed by atoms with Gasteiger partial charge in [-0.3, -0.25) is 4.99 Å². The summed E-state index contributed by atoms with van der Waals surface area (Å²) in [5.74, 6) is 1.11. The first kappa shape index (κ1) is 9.73. The molecule has 2 aliphatic rings. The molecule has 1 saturated heterocycles. The smallest absolute Gasteiger partial charge is 0.161 e. The Balaban J connectivity index is 1.86. The first-order valence-corrected chi connectivity index (χ1v) is 6.91. The summed E-state index contributed by atoms with van der Waals surface area (Å²) in [6.07, 6.45) is 0. The molecule has 4 heteroatoms. The lowest BCUT2D eigenvalue weighted by molar-refractivity contribution is 0.443. The van der Waals surface area contributed by atoms with Crippen LogP contribution < -0.4 is 0 Å². The van der Waals surface area contributed by atoms with E-state index in [9.17, 15) is 0 Å². The molecule has 0 spiro atoms. The predicted molar refractivity (Wildman–Crippen MR) is 68.5 cm³/mol. The van der Waals surface area contributed by atoms with Gasteiger partial charge in [-0.1, -0.05) is 58.0 Å². The number of benzene rings is 1. The van der Waals surface area contributed by atoms with Gasteiger partial charge in [0.1, 0.15) is 0 Å². The maximum Gasteiger partial charge on any atom is 0.161 e. The highest BCUT2D eigenvalue weighted by Gasteiger charge is 2.35. The van der Waals surface area contributed by atoms with E-state index >= 15 is 0 Å². The Morgan fingerprint density at radius 1 is 1.33 bits per heavy atom. The zero-order valence-corrected chi connectivity index (χ0v) is 10.5. The number of nitrogens with zero attached hydrogens (tertiary/aromatic N) is 2. The van der Waals surface area contributed by atoms with E-state index in [0.717, 1.165) is 12.3 Å². The van der Waals surface area contributed by atoms with E-state index in [0.29, 0.717) is 11.0 Å². The molecule has 0 amide bonds. The van der Waals surface area contributed by atoms with E-state index in [-0.39, 0.29) is 0 Å². The molecule has 0 aromatic heterocycles. The second kappa shape index (κ2) is 3.83. The van der Waals surface area contributed by atoms with Gasteiger partial charge in [-0.25, -0.2) is 0 Å². The van der Waals surface area contributed by atoms with Crippen LogP contribution in [0.4, 0.5) is 0 Å². The molecule has 0 radical (unpaired) electrons. The van der Waals surface area contributed by atoms with Crippen molar-refractivity contribution >= 4 is 32.9 Å². The third-order valence-corrected chi connectivity index (χ3v) is 5.08. The summed E-state index contributed by atoms with van der Waals surface area (Å²) in [7, 11) is 0. The molecule has 0 bridgehead atoms. The Kier molecular flexibility index (Phi) is 2.48. The first-order chi connectivity index (χ1) is 7.34. The van der Waals surface area contributed by atoms with Gasteiger partial charge >= 0.3 is 0 Å². The van der Waals surface area contributed by atoms with Crippen LogP contribution in [-0.4, -0.2) is 27.3 Å². The van der Waals surface area contributed by atoms with Gasteiger partial charge in [0.05, 0.1) is 11.0 Å². The number of amidine groups is 1. The second-order valence-electron chi connectivity index (χ2n) is 3.74. The van der Waals surface area contributed by atoms with Gasteiger partial charge in [0.2, 0.25) is 0 Å². The van der Waals surface area contributed by atoms with Gasteiger partial charge in [0.25, 0.3) is 0 Å². The van der Waals surface area contributed by atoms with Crippen molar-refractivity contribution < 1.29 is 0 Å². The summed E-state index contributed by atoms with van der Waals surface area (Å²) in [5.41, 5.74) is 1.32. The number of fused-ring (bicyclic) bond motifs is 1. The SMILES string of the molecule is BrC1CSC2=NC(c3ccccc3)CN21. The number of hydrogen-bond acceptors (Lipinski definition) is 3. The highest BCUT2D eigenvalue weighted by molar-refractivity contribution is 9.09. The molecule has 78 valence electrons. The molecule has 2 heterocycles. The third kappa shape index (κ3) is 1.70. The quantitative estimate of drug-likeness (QED) is 0.582. The number of aliphatic imine (C=N–C) groups is 1. The third-order valence-electron chi connectivity index (χ3n) is 2.75. The minimum atomic E-state index is 0.328. The maximum atomic E-state index is 4.75. The van der Waals surface area contributed by atoms with Crippen LogP contribution in [0.3, 0.4) is 0 Å². The zero-order chi connectivity index (χ0) is 10.3. The van der Waals surface area contributed by atoms with Crippen molar-refractivity contribution in [3.8, 4) is 0 Å². The fourth-order valence-electron chi connectivity index (χ4n) is 1.96. The highest BCUT2D eigenvalue weighted by atomic mass is 79.9.